The number of urea groups is 1. The summed E-state index contributed by atoms with van der Waals surface area (Å²) < 4.78 is 29.4. The Morgan fingerprint density at radius 3 is 2.18 bits per heavy atom. The summed E-state index contributed by atoms with van der Waals surface area (Å²) in [4.78, 5) is 86.2. The smallest absolute Gasteiger partial charge is 0.416 e. The normalized spacial score (nSPS) is 19.5. The van der Waals surface area contributed by atoms with Gasteiger partial charge >= 0.3 is 12.1 Å². The number of rotatable bonds is 21. The van der Waals surface area contributed by atoms with Crippen LogP contribution in [0.5, 0.6) is 23.0 Å². The zero-order chi connectivity index (χ0) is 52.5. The molecule has 1 unspecified atom stereocenters. The van der Waals surface area contributed by atoms with Gasteiger partial charge in [-0.3, -0.25) is 24.2 Å². The number of benzene rings is 3. The maximum Gasteiger partial charge on any atom is 0.416 e. The highest BCUT2D eigenvalue weighted by Crippen LogP contribution is 2.44. The van der Waals surface area contributed by atoms with Crippen LogP contribution < -0.4 is 51.3 Å². The zero-order valence-electron chi connectivity index (χ0n) is 42.1. The van der Waals surface area contributed by atoms with Gasteiger partial charge in [-0.25, -0.2) is 14.5 Å². The van der Waals surface area contributed by atoms with Crippen molar-refractivity contribution in [1.82, 2.24) is 15.5 Å². The van der Waals surface area contributed by atoms with E-state index in [1.54, 1.807) is 56.4 Å². The van der Waals surface area contributed by atoms with Gasteiger partial charge < -0.3 is 61.1 Å². The van der Waals surface area contributed by atoms with E-state index in [0.717, 1.165) is 16.9 Å². The van der Waals surface area contributed by atoms with Gasteiger partial charge in [-0.15, -0.1) is 0 Å². The van der Waals surface area contributed by atoms with E-state index < -0.39 is 54.2 Å². The minimum atomic E-state index is -1.51. The van der Waals surface area contributed by atoms with Gasteiger partial charge in [0.2, 0.25) is 11.8 Å². The summed E-state index contributed by atoms with van der Waals surface area (Å²) in [6.45, 7) is 8.02. The molecule has 6 amide bonds. The van der Waals surface area contributed by atoms with Gasteiger partial charge in [0.1, 0.15) is 12.6 Å². The number of Topliss-reactive ketones (excluding diaryl/α,β-unsaturated/α-hetero) is 1. The lowest BCUT2D eigenvalue weighted by molar-refractivity contribution is -0.128. The first kappa shape index (κ1) is 53.4. The molecule has 1 aliphatic carbocycles. The van der Waals surface area contributed by atoms with Crippen LogP contribution in [0.1, 0.15) is 98.9 Å². The number of hydrogen-bond acceptors (Lipinski definition) is 14. The minimum Gasteiger partial charge on any atom is -0.493 e. The number of methoxy groups -OCH3 is 2. The van der Waals surface area contributed by atoms with E-state index in [2.05, 4.69) is 20.9 Å². The Kier molecular flexibility index (Phi) is 17.4. The van der Waals surface area contributed by atoms with E-state index in [9.17, 15) is 33.9 Å². The third kappa shape index (κ3) is 12.6. The number of ketones is 1. The highest BCUT2D eigenvalue weighted by Gasteiger charge is 2.45. The Hall–Kier alpha value is -7.45. The monoisotopic (exact) mass is 1010 g/mol. The van der Waals surface area contributed by atoms with Crippen LogP contribution in [0.25, 0.3) is 0 Å². The number of nitrogens with one attached hydrogen (secondary N) is 3. The molecule has 73 heavy (non-hydrogen) atoms. The number of primary amides is 1. The number of carbonyl (C=O) groups is 6. The number of unbranched alkanes of at least 4 members (excludes halogenated alkanes) is 2. The number of ether oxygens (including phenoxy) is 5. The van der Waals surface area contributed by atoms with E-state index in [4.69, 9.17) is 35.2 Å². The van der Waals surface area contributed by atoms with Crippen molar-refractivity contribution >= 4 is 58.9 Å². The Morgan fingerprint density at radius 1 is 0.849 bits per heavy atom. The minimum absolute atomic E-state index is 0.0216. The predicted molar refractivity (Wildman–Crippen MR) is 272 cm³/mol. The standard InChI is InChI=1S/C53H66N8O12/c1-29(2)46(54)49(64)59-38(11-10-16-56-52(55)67)48(63)58-34-14-12-32(13-15-34)28-73-53(68)61-40-25-45(43(70-6)23-37(40)50(65)60-27-31(4)21-41(60)51(61)66)72-18-9-7-8-17-71-44-24-39-36(22-42(44)69-5)47(62)35-20-30(3)19-33(35)26-57-39/h12-15,20,22-27,29,33,35,38,41,46,51,66H,7-11,16-19,21,28,54H2,1-6H3,(H,58,63)(H,59,64)(H3,55,56,67)/t33-,35?,38-,41-,46-,51-/m0/s1. The molecule has 7 rings (SSSR count). The van der Waals surface area contributed by atoms with Crippen LogP contribution in [-0.2, 0) is 20.9 Å². The van der Waals surface area contributed by atoms with Gasteiger partial charge in [-0.05, 0) is 94.5 Å². The average Bonchev–Trinajstić information content (AvgIpc) is 3.91. The van der Waals surface area contributed by atoms with Crippen LogP contribution in [0.15, 0.2) is 76.9 Å². The van der Waals surface area contributed by atoms with Crippen molar-refractivity contribution in [1.29, 1.82) is 0 Å². The van der Waals surface area contributed by atoms with Gasteiger partial charge in [0.15, 0.2) is 35.0 Å². The fraction of sp³-hybridized carbons (Fsp3) is 0.453. The van der Waals surface area contributed by atoms with Crippen molar-refractivity contribution < 1.29 is 57.6 Å². The van der Waals surface area contributed by atoms with Crippen molar-refractivity contribution in [3.63, 3.8) is 0 Å². The number of aliphatic hydroxyl groups is 1. The summed E-state index contributed by atoms with van der Waals surface area (Å²) in [6, 6.07) is 9.62. The Labute approximate surface area is 424 Å². The lowest BCUT2D eigenvalue weighted by atomic mass is 9.89. The van der Waals surface area contributed by atoms with Crippen molar-refractivity contribution in [2.75, 3.05) is 44.2 Å². The summed E-state index contributed by atoms with van der Waals surface area (Å²) >= 11 is 0. The maximum absolute atomic E-state index is 14.2. The van der Waals surface area contributed by atoms with Gasteiger partial charge in [0.05, 0.1) is 56.5 Å². The fourth-order valence-corrected chi connectivity index (χ4v) is 9.25. The first-order valence-corrected chi connectivity index (χ1v) is 24.6. The molecule has 390 valence electrons. The van der Waals surface area contributed by atoms with Crippen LogP contribution in [0, 0.1) is 17.8 Å². The second-order valence-electron chi connectivity index (χ2n) is 19.1. The third-order valence-electron chi connectivity index (χ3n) is 13.3. The predicted octanol–water partition coefficient (Wildman–Crippen LogP) is 6.26. The number of allylic oxidation sites excluding steroid dienone is 2. The molecule has 6 atom stereocenters. The van der Waals surface area contributed by atoms with E-state index >= 15 is 0 Å². The lowest BCUT2D eigenvalue weighted by Crippen LogP contribution is -2.51. The molecular weight excluding hydrogens is 941 g/mol. The number of aliphatic hydroxyl groups excluding tert-OH is 1. The molecule has 20 heteroatoms. The molecule has 3 heterocycles. The quantitative estimate of drug-likeness (QED) is 0.0509. The molecule has 20 nitrogen and oxygen atoms in total. The first-order chi connectivity index (χ1) is 35.0. The molecule has 8 N–H and O–H groups in total. The largest absolute Gasteiger partial charge is 0.493 e. The number of anilines is 2. The van der Waals surface area contributed by atoms with E-state index in [-0.39, 0.29) is 72.5 Å². The number of aliphatic imine (C=N–C) groups is 1. The molecule has 3 aliphatic heterocycles. The highest BCUT2D eigenvalue weighted by atomic mass is 16.6. The SMILES string of the molecule is COc1cc2c(cc1OCCCCCOc1cc3c(cc1OC)C(=O)N1C=C(C)C[C@H]1[C@H](O)N3C(=O)OCc1ccc(NC(=O)[C@H](CCCNC(N)=O)NC(=O)[C@@H](N)C(C)C)cc1)N=C[C@@H]1CC(C)=CC1C2=O. The van der Waals surface area contributed by atoms with E-state index in [1.165, 1.54) is 36.8 Å². The second kappa shape index (κ2) is 23.8. The maximum atomic E-state index is 14.2. The molecule has 0 bridgehead atoms. The van der Waals surface area contributed by atoms with E-state index in [1.807, 2.05) is 26.1 Å². The molecule has 0 aromatic heterocycles. The van der Waals surface area contributed by atoms with Crippen molar-refractivity contribution in [3.8, 4) is 23.0 Å². The number of nitrogens with two attached hydrogens (primary N) is 2. The number of fused-ring (bicyclic) bond motifs is 4. The van der Waals surface area contributed by atoms with Crippen molar-refractivity contribution in [3.05, 3.63) is 88.6 Å². The first-order valence-electron chi connectivity index (χ1n) is 24.6. The van der Waals surface area contributed by atoms with Crippen molar-refractivity contribution in [2.45, 2.75) is 104 Å². The number of nitrogens with zero attached hydrogens (tertiary/aromatic N) is 3. The Morgan fingerprint density at radius 2 is 1.52 bits per heavy atom. The van der Waals surface area contributed by atoms with Crippen LogP contribution in [0.3, 0.4) is 0 Å². The molecule has 4 aliphatic rings. The summed E-state index contributed by atoms with van der Waals surface area (Å²) in [6.07, 6.45) is 6.75. The van der Waals surface area contributed by atoms with Gasteiger partial charge in [0, 0.05) is 54.2 Å². The van der Waals surface area contributed by atoms with Gasteiger partial charge in [0.25, 0.3) is 5.91 Å². The van der Waals surface area contributed by atoms with Gasteiger partial charge in [-0.1, -0.05) is 43.2 Å². The van der Waals surface area contributed by atoms with Crippen LogP contribution >= 0.6 is 0 Å². The summed E-state index contributed by atoms with van der Waals surface area (Å²) in [7, 11) is 2.98. The molecule has 0 spiro atoms. The molecular formula is C53H66N8O12. The molecule has 0 fully saturated rings. The molecule has 3 aromatic carbocycles. The third-order valence-corrected chi connectivity index (χ3v) is 13.3. The molecule has 0 radical (unpaired) electrons. The number of amides is 6. The second-order valence-corrected chi connectivity index (χ2v) is 19.1. The molecule has 0 saturated heterocycles. The Balaban J connectivity index is 0.978. The van der Waals surface area contributed by atoms with Crippen LogP contribution in [-0.4, -0.2) is 110 Å². The summed E-state index contributed by atoms with van der Waals surface area (Å²) in [5.74, 6) is -0.344. The molecule has 3 aromatic rings. The van der Waals surface area contributed by atoms with Crippen molar-refractivity contribution in [2.24, 2.45) is 34.2 Å². The Bertz CT molecular complexity index is 2670. The average molecular weight is 1010 g/mol. The van der Waals surface area contributed by atoms with Gasteiger partial charge in [-0.2, -0.15) is 0 Å². The summed E-state index contributed by atoms with van der Waals surface area (Å²) in [5, 5.41) is 19.8. The van der Waals surface area contributed by atoms with E-state index in [0.29, 0.717) is 72.7 Å². The molecule has 0 saturated carbocycles. The van der Waals surface area contributed by atoms with Crippen LogP contribution in [0.2, 0.25) is 0 Å². The zero-order valence-corrected chi connectivity index (χ0v) is 42.1. The topological polar surface area (TPSA) is 276 Å². The van der Waals surface area contributed by atoms with Crippen LogP contribution in [0.4, 0.5) is 26.7 Å². The summed E-state index contributed by atoms with van der Waals surface area (Å²) in [5.41, 5.74) is 15.4. The highest BCUT2D eigenvalue weighted by molar-refractivity contribution is 6.08. The number of carbonyl (C=O) groups excluding carboxylic acids is 6. The number of hydrogen-bond donors (Lipinski definition) is 6. The fourth-order valence-electron chi connectivity index (χ4n) is 9.25. The lowest BCUT2D eigenvalue weighted by Gasteiger charge is -2.31.